The summed E-state index contributed by atoms with van der Waals surface area (Å²) in [6, 6.07) is 8.27. The van der Waals surface area contributed by atoms with E-state index in [0.717, 1.165) is 5.69 Å². The highest BCUT2D eigenvalue weighted by Gasteiger charge is 2.30. The second-order valence-corrected chi connectivity index (χ2v) is 7.65. The average molecular weight is 350 g/mol. The van der Waals surface area contributed by atoms with Crippen molar-refractivity contribution in [1.82, 2.24) is 9.80 Å². The minimum atomic E-state index is -0.472. The van der Waals surface area contributed by atoms with Gasteiger partial charge in [0, 0.05) is 31.4 Å². The number of ether oxygens (including phenoxy) is 1. The molecule has 1 unspecified atom stereocenters. The number of amides is 1. The number of rotatable bonds is 1. The highest BCUT2D eigenvalue weighted by atomic mass is 32.1. The van der Waals surface area contributed by atoms with Crippen LogP contribution in [0.1, 0.15) is 33.3 Å². The monoisotopic (exact) mass is 349 g/mol. The number of aryl methyl sites for hydroxylation is 1. The molecule has 6 heteroatoms. The second kappa shape index (κ2) is 7.38. The highest BCUT2D eigenvalue weighted by Crippen LogP contribution is 2.17. The number of hydrogen-bond acceptors (Lipinski definition) is 3. The van der Waals surface area contributed by atoms with Gasteiger partial charge in [-0.05, 0) is 59.0 Å². The van der Waals surface area contributed by atoms with E-state index in [2.05, 4.69) is 36.2 Å². The van der Waals surface area contributed by atoms with Gasteiger partial charge in [0.2, 0.25) is 0 Å². The van der Waals surface area contributed by atoms with Gasteiger partial charge in [0.15, 0.2) is 5.11 Å². The zero-order valence-corrected chi connectivity index (χ0v) is 15.9. The third-order valence-corrected chi connectivity index (χ3v) is 4.18. The molecule has 24 heavy (non-hydrogen) atoms. The summed E-state index contributed by atoms with van der Waals surface area (Å²) >= 11 is 5.54. The number of anilines is 1. The fourth-order valence-electron chi connectivity index (χ4n) is 2.58. The molecule has 132 valence electrons. The molecule has 1 aliphatic heterocycles. The molecule has 5 nitrogen and oxygen atoms in total. The largest absolute Gasteiger partial charge is 0.444 e. The van der Waals surface area contributed by atoms with Crippen LogP contribution >= 0.6 is 12.2 Å². The molecule has 0 aliphatic carbocycles. The van der Waals surface area contributed by atoms with E-state index in [1.807, 2.05) is 32.9 Å². The lowest BCUT2D eigenvalue weighted by Gasteiger charge is -2.41. The topological polar surface area (TPSA) is 44.8 Å². The van der Waals surface area contributed by atoms with Crippen LogP contribution in [0.3, 0.4) is 0 Å². The first-order valence-electron chi connectivity index (χ1n) is 8.28. The van der Waals surface area contributed by atoms with Crippen LogP contribution in [-0.4, -0.2) is 52.3 Å². The summed E-state index contributed by atoms with van der Waals surface area (Å²) in [5.74, 6) is 0. The van der Waals surface area contributed by atoms with Gasteiger partial charge in [0.05, 0.1) is 0 Å². The number of hydrogen-bond donors (Lipinski definition) is 1. The smallest absolute Gasteiger partial charge is 0.410 e. The van der Waals surface area contributed by atoms with Crippen LogP contribution in [0.5, 0.6) is 0 Å². The third-order valence-electron chi connectivity index (χ3n) is 3.84. The third kappa shape index (κ3) is 5.09. The molecule has 1 N–H and O–H groups in total. The van der Waals surface area contributed by atoms with E-state index in [0.29, 0.717) is 24.7 Å². The summed E-state index contributed by atoms with van der Waals surface area (Å²) in [7, 11) is 0. The van der Waals surface area contributed by atoms with E-state index in [-0.39, 0.29) is 12.1 Å². The van der Waals surface area contributed by atoms with Crippen LogP contribution in [0.25, 0.3) is 0 Å². The van der Waals surface area contributed by atoms with Crippen molar-refractivity contribution in [2.24, 2.45) is 0 Å². The Morgan fingerprint density at radius 2 is 1.88 bits per heavy atom. The van der Waals surface area contributed by atoms with Gasteiger partial charge in [-0.25, -0.2) is 4.79 Å². The van der Waals surface area contributed by atoms with Gasteiger partial charge in [-0.15, -0.1) is 0 Å². The standard InChI is InChI=1S/C18H27N3O2S/c1-13-6-8-15(9-7-13)19-16(24)21-11-10-20(12-14(21)2)17(22)23-18(3,4)5/h6-9,14H,10-12H2,1-5H3,(H,19,24). The predicted octanol–water partition coefficient (Wildman–Crippen LogP) is 3.63. The Labute approximate surface area is 150 Å². The summed E-state index contributed by atoms with van der Waals surface area (Å²) in [6.07, 6.45) is -0.258. The summed E-state index contributed by atoms with van der Waals surface area (Å²) in [5.41, 5.74) is 1.72. The molecule has 1 aromatic carbocycles. The van der Waals surface area contributed by atoms with Crippen LogP contribution in [0.4, 0.5) is 10.5 Å². The Morgan fingerprint density at radius 3 is 2.42 bits per heavy atom. The number of carbonyl (C=O) groups is 1. The van der Waals surface area contributed by atoms with E-state index < -0.39 is 5.60 Å². The fraction of sp³-hybridized carbons (Fsp3) is 0.556. The van der Waals surface area contributed by atoms with Gasteiger partial charge in [0.25, 0.3) is 0 Å². The normalized spacial score (nSPS) is 18.3. The Bertz CT molecular complexity index is 595. The summed E-state index contributed by atoms with van der Waals surface area (Å²) in [6.45, 7) is 11.7. The molecule has 0 spiro atoms. The van der Waals surface area contributed by atoms with Crippen molar-refractivity contribution >= 4 is 29.1 Å². The summed E-state index contributed by atoms with van der Waals surface area (Å²) < 4.78 is 5.45. The first-order valence-corrected chi connectivity index (χ1v) is 8.69. The number of benzene rings is 1. The van der Waals surface area contributed by atoms with Gasteiger partial charge in [0.1, 0.15) is 5.60 Å². The molecule has 0 aromatic heterocycles. The van der Waals surface area contributed by atoms with E-state index in [1.165, 1.54) is 5.56 Å². The molecule has 0 radical (unpaired) electrons. The van der Waals surface area contributed by atoms with E-state index in [1.54, 1.807) is 4.90 Å². The lowest BCUT2D eigenvalue weighted by atomic mass is 10.2. The van der Waals surface area contributed by atoms with E-state index >= 15 is 0 Å². The van der Waals surface area contributed by atoms with Crippen LogP contribution in [0, 0.1) is 6.92 Å². The van der Waals surface area contributed by atoms with Crippen LogP contribution in [-0.2, 0) is 4.74 Å². The second-order valence-electron chi connectivity index (χ2n) is 7.26. The van der Waals surface area contributed by atoms with E-state index in [9.17, 15) is 4.79 Å². The van der Waals surface area contributed by atoms with Crippen LogP contribution in [0.15, 0.2) is 24.3 Å². The number of thiocarbonyl (C=S) groups is 1. The molecule has 1 aliphatic rings. The van der Waals surface area contributed by atoms with Crippen molar-refractivity contribution in [1.29, 1.82) is 0 Å². The van der Waals surface area contributed by atoms with Crippen LogP contribution in [0.2, 0.25) is 0 Å². The van der Waals surface area contributed by atoms with Gasteiger partial charge in [-0.3, -0.25) is 0 Å². The molecule has 1 amide bonds. The van der Waals surface area contributed by atoms with Crippen molar-refractivity contribution in [3.05, 3.63) is 29.8 Å². The lowest BCUT2D eigenvalue weighted by molar-refractivity contribution is 0.0135. The minimum Gasteiger partial charge on any atom is -0.444 e. The number of carbonyl (C=O) groups excluding carboxylic acids is 1. The van der Waals surface area contributed by atoms with Crippen molar-refractivity contribution in [3.63, 3.8) is 0 Å². The molecular formula is C18H27N3O2S. The minimum absolute atomic E-state index is 0.136. The molecule has 0 saturated carbocycles. The first-order chi connectivity index (χ1) is 11.2. The highest BCUT2D eigenvalue weighted by molar-refractivity contribution is 7.80. The molecule has 1 atom stereocenters. The van der Waals surface area contributed by atoms with Crippen molar-refractivity contribution in [2.45, 2.75) is 46.3 Å². The molecule has 1 saturated heterocycles. The fourth-order valence-corrected chi connectivity index (χ4v) is 2.97. The molecule has 0 bridgehead atoms. The quantitative estimate of drug-likeness (QED) is 0.785. The Hall–Kier alpha value is -1.82. The predicted molar refractivity (Wildman–Crippen MR) is 101 cm³/mol. The summed E-state index contributed by atoms with van der Waals surface area (Å²) in [5, 5.41) is 3.96. The lowest BCUT2D eigenvalue weighted by Crippen LogP contribution is -2.56. The average Bonchev–Trinajstić information content (AvgIpc) is 2.47. The van der Waals surface area contributed by atoms with Crippen molar-refractivity contribution in [3.8, 4) is 0 Å². The van der Waals surface area contributed by atoms with Gasteiger partial charge in [-0.1, -0.05) is 17.7 Å². The molecule has 2 rings (SSSR count). The van der Waals surface area contributed by atoms with Gasteiger partial charge in [-0.2, -0.15) is 0 Å². The van der Waals surface area contributed by atoms with Crippen LogP contribution < -0.4 is 5.32 Å². The van der Waals surface area contributed by atoms with Gasteiger partial charge < -0.3 is 19.9 Å². The molecular weight excluding hydrogens is 322 g/mol. The number of piperazine rings is 1. The maximum absolute atomic E-state index is 12.2. The maximum Gasteiger partial charge on any atom is 0.410 e. The van der Waals surface area contributed by atoms with E-state index in [4.69, 9.17) is 17.0 Å². The number of nitrogens with zero attached hydrogens (tertiary/aromatic N) is 2. The van der Waals surface area contributed by atoms with Gasteiger partial charge >= 0.3 is 6.09 Å². The Morgan fingerprint density at radius 1 is 1.25 bits per heavy atom. The summed E-state index contributed by atoms with van der Waals surface area (Å²) in [4.78, 5) is 16.1. The molecule has 1 fully saturated rings. The Balaban J connectivity index is 1.91. The first kappa shape index (κ1) is 18.5. The molecule has 1 aromatic rings. The maximum atomic E-state index is 12.2. The van der Waals surface area contributed by atoms with Crippen molar-refractivity contribution in [2.75, 3.05) is 25.0 Å². The SMILES string of the molecule is Cc1ccc(NC(=S)N2CCN(C(=O)OC(C)(C)C)CC2C)cc1. The Kier molecular flexibility index (Phi) is 5.70. The molecule has 1 heterocycles. The number of nitrogens with one attached hydrogen (secondary N) is 1. The van der Waals surface area contributed by atoms with Crippen molar-refractivity contribution < 1.29 is 9.53 Å². The zero-order chi connectivity index (χ0) is 17.9. The zero-order valence-electron chi connectivity index (χ0n) is 15.1.